The van der Waals surface area contributed by atoms with E-state index >= 15 is 0 Å². The average Bonchev–Trinajstić information content (AvgIpc) is 2.63. The number of Topliss-reactive ketones (excluding diaryl/α,β-unsaturated/α-hetero) is 1. The molecule has 0 amide bonds. The fourth-order valence-corrected chi connectivity index (χ4v) is 2.71. The second-order valence-corrected chi connectivity index (χ2v) is 6.14. The molecule has 0 saturated carbocycles. The molecule has 2 aromatic rings. The Morgan fingerprint density at radius 1 is 0.800 bits per heavy atom. The van der Waals surface area contributed by atoms with Crippen LogP contribution in [0.2, 0.25) is 0 Å². The number of aliphatic imine (C=N–C) groups is 1. The lowest BCUT2D eigenvalue weighted by molar-refractivity contribution is 0.101. The molecule has 1 aromatic heterocycles. The van der Waals surface area contributed by atoms with Crippen LogP contribution >= 0.6 is 0 Å². The summed E-state index contributed by atoms with van der Waals surface area (Å²) in [7, 11) is 0. The first-order valence-electron chi connectivity index (χ1n) is 8.84. The Bertz CT molecular complexity index is 788. The summed E-state index contributed by atoms with van der Waals surface area (Å²) in [5.41, 5.74) is 9.35. The Morgan fingerprint density at radius 3 is 1.72 bits per heavy atom. The van der Waals surface area contributed by atoms with E-state index in [2.05, 4.69) is 39.6 Å². The normalized spacial score (nSPS) is 11.0. The molecule has 0 atom stereocenters. The third-order valence-corrected chi connectivity index (χ3v) is 4.72. The van der Waals surface area contributed by atoms with E-state index in [1.807, 2.05) is 32.9 Å². The number of carbonyl (C=O) groups excluding carboxylic acids is 1. The quantitative estimate of drug-likeness (QED) is 0.509. The summed E-state index contributed by atoms with van der Waals surface area (Å²) in [6.07, 6.45) is 0. The van der Waals surface area contributed by atoms with Crippen molar-refractivity contribution < 1.29 is 4.79 Å². The van der Waals surface area contributed by atoms with Crippen LogP contribution in [0.15, 0.2) is 23.2 Å². The van der Waals surface area contributed by atoms with Crippen molar-refractivity contribution in [2.45, 2.75) is 62.3 Å². The molecule has 2 rings (SSSR count). The molecule has 0 bridgehead atoms. The summed E-state index contributed by atoms with van der Waals surface area (Å²) in [5, 5.41) is 0. The molecule has 1 heterocycles. The molecule has 1 aromatic carbocycles. The molecular weight excluding hydrogens is 308 g/mol. The highest BCUT2D eigenvalue weighted by atomic mass is 16.1. The Kier molecular flexibility index (Phi) is 7.22. The van der Waals surface area contributed by atoms with Gasteiger partial charge in [-0.05, 0) is 81.5 Å². The lowest BCUT2D eigenvalue weighted by Gasteiger charge is -2.16. The van der Waals surface area contributed by atoms with E-state index in [1.165, 1.54) is 34.7 Å². The van der Waals surface area contributed by atoms with Crippen molar-refractivity contribution in [3.05, 3.63) is 57.4 Å². The van der Waals surface area contributed by atoms with Crippen LogP contribution in [-0.4, -0.2) is 16.5 Å². The smallest absolute Gasteiger partial charge is 0.178 e. The van der Waals surface area contributed by atoms with Crippen LogP contribution < -0.4 is 0 Å². The standard InChI is InChI=1S/C20H24N2O.C2H6/c1-11-12(2)14(4)20(15(5)13(11)3)21-16(6)18-9-8-10-19(22-18)17(7)23;1-2/h8-10H,1-7H3;1-2H3. The van der Waals surface area contributed by atoms with Crippen molar-refractivity contribution in [3.63, 3.8) is 0 Å². The number of ketones is 1. The van der Waals surface area contributed by atoms with Gasteiger partial charge in [-0.25, -0.2) is 4.98 Å². The largest absolute Gasteiger partial charge is 0.293 e. The number of carbonyl (C=O) groups is 1. The monoisotopic (exact) mass is 338 g/mol. The number of nitrogens with zero attached hydrogens (tertiary/aromatic N) is 2. The van der Waals surface area contributed by atoms with Gasteiger partial charge in [-0.3, -0.25) is 9.79 Å². The van der Waals surface area contributed by atoms with Gasteiger partial charge in [0.1, 0.15) is 5.69 Å². The molecule has 3 nitrogen and oxygen atoms in total. The first kappa shape index (κ1) is 20.8. The Morgan fingerprint density at radius 2 is 1.24 bits per heavy atom. The Labute approximate surface area is 152 Å². The topological polar surface area (TPSA) is 42.3 Å². The molecule has 0 spiro atoms. The number of hydrogen-bond donors (Lipinski definition) is 0. The summed E-state index contributed by atoms with van der Waals surface area (Å²) in [6.45, 7) is 18.1. The summed E-state index contributed by atoms with van der Waals surface area (Å²) < 4.78 is 0. The first-order chi connectivity index (χ1) is 11.7. The molecule has 25 heavy (non-hydrogen) atoms. The average molecular weight is 338 g/mol. The summed E-state index contributed by atoms with van der Waals surface area (Å²) >= 11 is 0. The minimum absolute atomic E-state index is 0.0333. The first-order valence-corrected chi connectivity index (χ1v) is 8.84. The molecular formula is C22H30N2O. The van der Waals surface area contributed by atoms with Crippen LogP contribution in [0.5, 0.6) is 0 Å². The van der Waals surface area contributed by atoms with Crippen molar-refractivity contribution in [2.75, 3.05) is 0 Å². The highest BCUT2D eigenvalue weighted by Gasteiger charge is 2.13. The molecule has 0 aliphatic heterocycles. The van der Waals surface area contributed by atoms with Gasteiger partial charge in [0.2, 0.25) is 0 Å². The van der Waals surface area contributed by atoms with Crippen LogP contribution in [0.4, 0.5) is 5.69 Å². The number of pyridine rings is 1. The van der Waals surface area contributed by atoms with Crippen molar-refractivity contribution in [1.29, 1.82) is 0 Å². The molecule has 0 aliphatic rings. The zero-order valence-corrected chi connectivity index (χ0v) is 17.0. The molecule has 0 radical (unpaired) electrons. The SMILES string of the molecule is CC.CC(=O)c1cccc(C(C)=Nc2c(C)c(C)c(C)c(C)c2C)n1. The van der Waals surface area contributed by atoms with E-state index < -0.39 is 0 Å². The lowest BCUT2D eigenvalue weighted by Crippen LogP contribution is -2.05. The maximum Gasteiger partial charge on any atom is 0.178 e. The summed E-state index contributed by atoms with van der Waals surface area (Å²) in [5.74, 6) is -0.0333. The predicted molar refractivity (Wildman–Crippen MR) is 108 cm³/mol. The molecule has 0 N–H and O–H groups in total. The van der Waals surface area contributed by atoms with Crippen molar-refractivity contribution >= 4 is 17.2 Å². The highest BCUT2D eigenvalue weighted by molar-refractivity contribution is 6.00. The van der Waals surface area contributed by atoms with Gasteiger partial charge in [-0.2, -0.15) is 0 Å². The number of aromatic nitrogens is 1. The van der Waals surface area contributed by atoms with E-state index in [9.17, 15) is 4.79 Å². The van der Waals surface area contributed by atoms with E-state index in [1.54, 1.807) is 6.07 Å². The molecule has 3 heteroatoms. The second-order valence-electron chi connectivity index (χ2n) is 6.14. The number of benzene rings is 1. The van der Waals surface area contributed by atoms with Crippen LogP contribution in [0.25, 0.3) is 0 Å². The molecule has 134 valence electrons. The van der Waals surface area contributed by atoms with Gasteiger partial charge in [-0.15, -0.1) is 0 Å². The maximum atomic E-state index is 11.5. The van der Waals surface area contributed by atoms with Crippen molar-refractivity contribution in [1.82, 2.24) is 4.98 Å². The van der Waals surface area contributed by atoms with E-state index in [0.717, 1.165) is 17.1 Å². The third-order valence-electron chi connectivity index (χ3n) is 4.72. The summed E-state index contributed by atoms with van der Waals surface area (Å²) in [6, 6.07) is 5.48. The fraction of sp³-hybridized carbons (Fsp3) is 0.409. The second kappa shape index (κ2) is 8.70. The molecule has 0 unspecified atom stereocenters. The van der Waals surface area contributed by atoms with Crippen LogP contribution in [0, 0.1) is 34.6 Å². The molecule has 0 fully saturated rings. The van der Waals surface area contributed by atoms with Gasteiger partial charge in [-0.1, -0.05) is 19.9 Å². The van der Waals surface area contributed by atoms with Crippen LogP contribution in [-0.2, 0) is 0 Å². The Balaban J connectivity index is 0.00000151. The number of hydrogen-bond acceptors (Lipinski definition) is 3. The Hall–Kier alpha value is -2.29. The van der Waals surface area contributed by atoms with Crippen LogP contribution in [0.1, 0.15) is 71.7 Å². The van der Waals surface area contributed by atoms with E-state index in [4.69, 9.17) is 4.99 Å². The van der Waals surface area contributed by atoms with Crippen molar-refractivity contribution in [2.24, 2.45) is 4.99 Å². The zero-order chi connectivity index (χ0) is 19.3. The lowest BCUT2D eigenvalue weighted by atomic mass is 9.93. The molecule has 0 saturated heterocycles. The zero-order valence-electron chi connectivity index (χ0n) is 17.0. The minimum Gasteiger partial charge on any atom is -0.293 e. The van der Waals surface area contributed by atoms with Gasteiger partial charge in [0.25, 0.3) is 0 Å². The van der Waals surface area contributed by atoms with Gasteiger partial charge in [0.05, 0.1) is 17.1 Å². The third kappa shape index (κ3) is 4.41. The van der Waals surface area contributed by atoms with E-state index in [0.29, 0.717) is 5.69 Å². The van der Waals surface area contributed by atoms with E-state index in [-0.39, 0.29) is 5.78 Å². The van der Waals surface area contributed by atoms with Gasteiger partial charge < -0.3 is 0 Å². The summed E-state index contributed by atoms with van der Waals surface area (Å²) in [4.78, 5) is 20.8. The van der Waals surface area contributed by atoms with Gasteiger partial charge in [0, 0.05) is 6.92 Å². The fourth-order valence-electron chi connectivity index (χ4n) is 2.71. The van der Waals surface area contributed by atoms with Gasteiger partial charge in [0.15, 0.2) is 5.78 Å². The molecule has 0 aliphatic carbocycles. The van der Waals surface area contributed by atoms with Crippen molar-refractivity contribution in [3.8, 4) is 0 Å². The minimum atomic E-state index is -0.0333. The highest BCUT2D eigenvalue weighted by Crippen LogP contribution is 2.32. The maximum absolute atomic E-state index is 11.5. The van der Waals surface area contributed by atoms with Gasteiger partial charge >= 0.3 is 0 Å². The predicted octanol–water partition coefficient (Wildman–Crippen LogP) is 5.99. The number of rotatable bonds is 3. The van der Waals surface area contributed by atoms with Crippen LogP contribution in [0.3, 0.4) is 0 Å².